The zero-order chi connectivity index (χ0) is 23.3. The van der Waals surface area contributed by atoms with Crippen LogP contribution in [0.3, 0.4) is 0 Å². The lowest BCUT2D eigenvalue weighted by Gasteiger charge is -2.70. The topological polar surface area (TPSA) is 72.8 Å². The van der Waals surface area contributed by atoms with Crippen molar-refractivity contribution in [1.29, 1.82) is 0 Å². The van der Waals surface area contributed by atoms with Gasteiger partial charge in [-0.3, -0.25) is 4.79 Å². The van der Waals surface area contributed by atoms with Crippen LogP contribution in [0.5, 0.6) is 0 Å². The number of ether oxygens (including phenoxy) is 2. The van der Waals surface area contributed by atoms with Crippen molar-refractivity contribution >= 4 is 11.9 Å². The van der Waals surface area contributed by atoms with Crippen LogP contribution < -0.4 is 0 Å². The highest BCUT2D eigenvalue weighted by atomic mass is 16.5. The van der Waals surface area contributed by atoms with E-state index in [0.29, 0.717) is 18.4 Å². The Morgan fingerprint density at radius 3 is 2.34 bits per heavy atom. The van der Waals surface area contributed by atoms with Crippen LogP contribution in [0.2, 0.25) is 0 Å². The predicted molar refractivity (Wildman–Crippen MR) is 120 cm³/mol. The summed E-state index contributed by atoms with van der Waals surface area (Å²) < 4.78 is 11.2. The summed E-state index contributed by atoms with van der Waals surface area (Å²) in [5.74, 6) is 0.721. The van der Waals surface area contributed by atoms with Crippen molar-refractivity contribution < 1.29 is 24.2 Å². The third kappa shape index (κ3) is 2.66. The van der Waals surface area contributed by atoms with Crippen molar-refractivity contribution in [3.63, 3.8) is 0 Å². The van der Waals surface area contributed by atoms with Gasteiger partial charge >= 0.3 is 11.9 Å². The molecule has 32 heavy (non-hydrogen) atoms. The summed E-state index contributed by atoms with van der Waals surface area (Å²) in [6.45, 7) is 13.5. The molecule has 0 aromatic heterocycles. The van der Waals surface area contributed by atoms with Gasteiger partial charge in [0.25, 0.3) is 0 Å². The van der Waals surface area contributed by atoms with Crippen LogP contribution in [0.25, 0.3) is 0 Å². The smallest absolute Gasteiger partial charge is 0.335 e. The number of rotatable bonds is 1. The summed E-state index contributed by atoms with van der Waals surface area (Å²) in [5.41, 5.74) is 1.47. The van der Waals surface area contributed by atoms with E-state index in [9.17, 15) is 14.7 Å². The second-order valence-corrected chi connectivity index (χ2v) is 12.8. The second kappa shape index (κ2) is 6.84. The molecule has 8 atom stereocenters. The molecule has 5 heteroatoms. The van der Waals surface area contributed by atoms with Gasteiger partial charge in [-0.2, -0.15) is 0 Å². The quantitative estimate of drug-likeness (QED) is 0.588. The van der Waals surface area contributed by atoms with Crippen LogP contribution in [0.4, 0.5) is 0 Å². The average molecular weight is 445 g/mol. The Bertz CT molecular complexity index is 888. The molecule has 3 fully saturated rings. The van der Waals surface area contributed by atoms with Gasteiger partial charge in [-0.1, -0.05) is 34.6 Å². The molecule has 0 saturated heterocycles. The molecule has 5 rings (SSSR count). The summed E-state index contributed by atoms with van der Waals surface area (Å²) in [6.07, 6.45) is 6.19. The highest BCUT2D eigenvalue weighted by Gasteiger charge is 2.69. The third-order valence-electron chi connectivity index (χ3n) is 11.2. The fourth-order valence-electron chi connectivity index (χ4n) is 9.84. The van der Waals surface area contributed by atoms with Gasteiger partial charge in [0, 0.05) is 23.3 Å². The number of carbonyl (C=O) groups is 2. The molecule has 0 bridgehead atoms. The van der Waals surface area contributed by atoms with Crippen molar-refractivity contribution in [2.45, 2.75) is 98.7 Å². The maximum absolute atomic E-state index is 12.7. The number of carbonyl (C=O) groups excluding carboxylic acids is 2. The lowest BCUT2D eigenvalue weighted by molar-refractivity contribution is -0.236. The Morgan fingerprint density at radius 2 is 1.66 bits per heavy atom. The van der Waals surface area contributed by atoms with Crippen molar-refractivity contribution in [2.75, 3.05) is 6.61 Å². The first-order chi connectivity index (χ1) is 14.9. The molecule has 8 unspecified atom stereocenters. The number of esters is 2. The summed E-state index contributed by atoms with van der Waals surface area (Å²) in [5, 5.41) is 11.7. The Kier molecular flexibility index (Phi) is 4.79. The maximum Gasteiger partial charge on any atom is 0.335 e. The molecule has 0 amide bonds. The van der Waals surface area contributed by atoms with E-state index in [1.165, 1.54) is 6.92 Å². The van der Waals surface area contributed by atoms with Gasteiger partial charge in [-0.05, 0) is 79.1 Å². The zero-order valence-corrected chi connectivity index (χ0v) is 20.6. The summed E-state index contributed by atoms with van der Waals surface area (Å²) in [4.78, 5) is 24.5. The summed E-state index contributed by atoms with van der Waals surface area (Å²) in [7, 11) is 0. The third-order valence-corrected chi connectivity index (χ3v) is 11.2. The zero-order valence-electron chi connectivity index (χ0n) is 20.6. The standard InChI is InChI=1S/C27H40O5/c1-15(28)32-21-10-12-25(4)17(24(21,2)3)9-11-26(5)18-8-7-16-14-31-23(30)22(16)27(18,6)20(29)13-19(25)26/h17-21,29H,7-14H2,1-6H3. The first-order valence-electron chi connectivity index (χ1n) is 12.6. The molecule has 4 aliphatic carbocycles. The highest BCUT2D eigenvalue weighted by molar-refractivity contribution is 5.93. The minimum absolute atomic E-state index is 0.0446. The van der Waals surface area contributed by atoms with E-state index < -0.39 is 11.5 Å². The predicted octanol–water partition coefficient (Wildman–Crippen LogP) is 4.81. The van der Waals surface area contributed by atoms with Crippen molar-refractivity contribution in [2.24, 2.45) is 39.4 Å². The molecule has 0 spiro atoms. The van der Waals surface area contributed by atoms with Gasteiger partial charge in [0.2, 0.25) is 0 Å². The molecule has 1 heterocycles. The first-order valence-corrected chi connectivity index (χ1v) is 12.6. The summed E-state index contributed by atoms with van der Waals surface area (Å²) in [6, 6.07) is 0. The van der Waals surface area contributed by atoms with E-state index >= 15 is 0 Å². The van der Waals surface area contributed by atoms with Crippen molar-refractivity contribution in [1.82, 2.24) is 0 Å². The molecule has 1 aliphatic heterocycles. The minimum Gasteiger partial charge on any atom is -0.462 e. The van der Waals surface area contributed by atoms with Gasteiger partial charge in [-0.25, -0.2) is 4.79 Å². The SMILES string of the molecule is CC(=O)OC1CCC2(C)C(CCC3(C)C2CC(O)C2(C)C4=C(CCC32)COC4=O)C1(C)C. The van der Waals surface area contributed by atoms with Gasteiger partial charge in [0.15, 0.2) is 0 Å². The Hall–Kier alpha value is -1.36. The molecule has 178 valence electrons. The Labute approximate surface area is 192 Å². The van der Waals surface area contributed by atoms with Crippen LogP contribution in [-0.2, 0) is 19.1 Å². The number of fused-ring (bicyclic) bond motifs is 6. The Morgan fingerprint density at radius 1 is 1.00 bits per heavy atom. The normalized spacial score (nSPS) is 49.3. The molecule has 0 aromatic carbocycles. The fourth-order valence-corrected chi connectivity index (χ4v) is 9.84. The van der Waals surface area contributed by atoms with E-state index in [-0.39, 0.29) is 40.2 Å². The van der Waals surface area contributed by atoms with E-state index in [1.54, 1.807) is 0 Å². The van der Waals surface area contributed by atoms with Crippen molar-refractivity contribution in [3.05, 3.63) is 11.1 Å². The van der Waals surface area contributed by atoms with Crippen LogP contribution in [0, 0.1) is 39.4 Å². The monoisotopic (exact) mass is 444 g/mol. The minimum atomic E-state index is -0.536. The van der Waals surface area contributed by atoms with Crippen LogP contribution >= 0.6 is 0 Å². The van der Waals surface area contributed by atoms with E-state index in [2.05, 4.69) is 34.6 Å². The number of hydrogen-bond acceptors (Lipinski definition) is 5. The second-order valence-electron chi connectivity index (χ2n) is 12.8. The average Bonchev–Trinajstić information content (AvgIpc) is 3.08. The largest absolute Gasteiger partial charge is 0.462 e. The number of aliphatic hydroxyl groups is 1. The van der Waals surface area contributed by atoms with E-state index in [0.717, 1.165) is 56.1 Å². The number of aliphatic hydroxyl groups excluding tert-OH is 1. The Balaban J connectivity index is 1.54. The number of hydrogen-bond donors (Lipinski definition) is 1. The number of cyclic esters (lactones) is 1. The van der Waals surface area contributed by atoms with Gasteiger partial charge in [0.1, 0.15) is 12.7 Å². The molecular formula is C27H40O5. The maximum atomic E-state index is 12.7. The van der Waals surface area contributed by atoms with Crippen LogP contribution in [0.1, 0.15) is 86.5 Å². The van der Waals surface area contributed by atoms with Crippen LogP contribution in [-0.4, -0.2) is 35.9 Å². The molecule has 1 N–H and O–H groups in total. The molecule has 5 aliphatic rings. The summed E-state index contributed by atoms with van der Waals surface area (Å²) >= 11 is 0. The van der Waals surface area contributed by atoms with E-state index in [1.807, 2.05) is 0 Å². The van der Waals surface area contributed by atoms with Gasteiger partial charge < -0.3 is 14.6 Å². The van der Waals surface area contributed by atoms with Gasteiger partial charge in [-0.15, -0.1) is 0 Å². The molecule has 3 saturated carbocycles. The molecule has 5 nitrogen and oxygen atoms in total. The first kappa shape index (κ1) is 22.4. The van der Waals surface area contributed by atoms with Crippen molar-refractivity contribution in [3.8, 4) is 0 Å². The van der Waals surface area contributed by atoms with Crippen LogP contribution in [0.15, 0.2) is 11.1 Å². The van der Waals surface area contributed by atoms with E-state index in [4.69, 9.17) is 9.47 Å². The highest BCUT2D eigenvalue weighted by Crippen LogP contribution is 2.73. The molecular weight excluding hydrogens is 404 g/mol. The van der Waals surface area contributed by atoms with Gasteiger partial charge in [0.05, 0.1) is 6.10 Å². The fraction of sp³-hybridized carbons (Fsp3) is 0.852. The molecule has 0 aromatic rings. The lowest BCUT2D eigenvalue weighted by Crippen LogP contribution is -2.66. The lowest BCUT2D eigenvalue weighted by atomic mass is 9.35. The molecule has 0 radical (unpaired) electrons.